The van der Waals surface area contributed by atoms with Crippen LogP contribution in [0.15, 0.2) is 4.60 Å². The number of nitrogens with one attached hydrogen (secondary N) is 1. The first kappa shape index (κ1) is 11.8. The molecular formula is C11H19BrN2. The minimum Gasteiger partial charge on any atom is -0.345 e. The van der Waals surface area contributed by atoms with Crippen LogP contribution in [0.1, 0.15) is 50.5 Å². The summed E-state index contributed by atoms with van der Waals surface area (Å²) in [5, 5.41) is 0. The molecule has 0 atom stereocenters. The SMILES string of the molecule is CCCCCCCc1nc(Br)c(C)[nH]1. The fourth-order valence-electron chi connectivity index (χ4n) is 1.51. The van der Waals surface area contributed by atoms with E-state index in [9.17, 15) is 0 Å². The van der Waals surface area contributed by atoms with E-state index in [1.54, 1.807) is 0 Å². The van der Waals surface area contributed by atoms with Gasteiger partial charge in [0.2, 0.25) is 0 Å². The maximum Gasteiger partial charge on any atom is 0.127 e. The van der Waals surface area contributed by atoms with Crippen molar-refractivity contribution < 1.29 is 0 Å². The van der Waals surface area contributed by atoms with E-state index in [0.29, 0.717) is 0 Å². The van der Waals surface area contributed by atoms with Crippen LogP contribution in [-0.4, -0.2) is 9.97 Å². The number of rotatable bonds is 6. The maximum atomic E-state index is 4.39. The lowest BCUT2D eigenvalue weighted by atomic mass is 10.1. The van der Waals surface area contributed by atoms with Gasteiger partial charge in [-0.1, -0.05) is 32.6 Å². The molecule has 0 fully saturated rings. The average molecular weight is 259 g/mol. The Bertz CT molecular complexity index is 249. The molecule has 0 aromatic carbocycles. The van der Waals surface area contributed by atoms with E-state index in [2.05, 4.69) is 32.8 Å². The van der Waals surface area contributed by atoms with E-state index in [4.69, 9.17) is 0 Å². The van der Waals surface area contributed by atoms with Crippen LogP contribution in [0.5, 0.6) is 0 Å². The number of H-pyrrole nitrogens is 1. The monoisotopic (exact) mass is 258 g/mol. The molecule has 0 aliphatic carbocycles. The third-order valence-corrected chi connectivity index (χ3v) is 3.16. The second-order valence-corrected chi connectivity index (χ2v) is 4.51. The molecule has 1 aromatic rings. The van der Waals surface area contributed by atoms with Crippen molar-refractivity contribution in [1.29, 1.82) is 0 Å². The molecule has 0 unspecified atom stereocenters. The van der Waals surface area contributed by atoms with Crippen LogP contribution in [0.2, 0.25) is 0 Å². The number of imidazole rings is 1. The third-order valence-electron chi connectivity index (χ3n) is 2.39. The number of hydrogen-bond acceptors (Lipinski definition) is 1. The van der Waals surface area contributed by atoms with Gasteiger partial charge in [0.15, 0.2) is 0 Å². The summed E-state index contributed by atoms with van der Waals surface area (Å²) in [6.45, 7) is 4.28. The molecule has 0 aliphatic heterocycles. The summed E-state index contributed by atoms with van der Waals surface area (Å²) in [5.74, 6) is 1.12. The molecular weight excluding hydrogens is 240 g/mol. The number of nitrogens with zero attached hydrogens (tertiary/aromatic N) is 1. The van der Waals surface area contributed by atoms with Gasteiger partial charge >= 0.3 is 0 Å². The highest BCUT2D eigenvalue weighted by Gasteiger charge is 2.02. The van der Waals surface area contributed by atoms with Crippen molar-refractivity contribution in [3.05, 3.63) is 16.1 Å². The van der Waals surface area contributed by atoms with E-state index >= 15 is 0 Å². The molecule has 3 heteroatoms. The van der Waals surface area contributed by atoms with E-state index in [1.165, 1.54) is 32.1 Å². The highest BCUT2D eigenvalue weighted by Crippen LogP contribution is 2.14. The summed E-state index contributed by atoms with van der Waals surface area (Å²) in [5.41, 5.74) is 1.13. The van der Waals surface area contributed by atoms with E-state index in [-0.39, 0.29) is 0 Å². The highest BCUT2D eigenvalue weighted by atomic mass is 79.9. The molecule has 0 radical (unpaired) electrons. The average Bonchev–Trinajstić information content (AvgIpc) is 2.46. The summed E-state index contributed by atoms with van der Waals surface area (Å²) in [7, 11) is 0. The molecule has 80 valence electrons. The number of aromatic nitrogens is 2. The van der Waals surface area contributed by atoms with Gasteiger partial charge in [-0.25, -0.2) is 4.98 Å². The van der Waals surface area contributed by atoms with Crippen molar-refractivity contribution in [3.63, 3.8) is 0 Å². The smallest absolute Gasteiger partial charge is 0.127 e. The zero-order chi connectivity index (χ0) is 10.4. The van der Waals surface area contributed by atoms with Crippen LogP contribution in [0.25, 0.3) is 0 Å². The lowest BCUT2D eigenvalue weighted by Gasteiger charge is -1.97. The molecule has 1 N–H and O–H groups in total. The molecule has 0 amide bonds. The Morgan fingerprint density at radius 3 is 2.50 bits per heavy atom. The predicted octanol–water partition coefficient (Wildman–Crippen LogP) is 3.99. The molecule has 0 aliphatic rings. The van der Waals surface area contributed by atoms with E-state index in [1.807, 2.05) is 6.92 Å². The zero-order valence-corrected chi connectivity index (χ0v) is 10.7. The Morgan fingerprint density at radius 2 is 1.93 bits per heavy atom. The summed E-state index contributed by atoms with van der Waals surface area (Å²) < 4.78 is 0.959. The fraction of sp³-hybridized carbons (Fsp3) is 0.727. The Hall–Kier alpha value is -0.310. The Labute approximate surface area is 94.6 Å². The number of halogens is 1. The molecule has 1 aromatic heterocycles. The first-order valence-corrected chi connectivity index (χ1v) is 6.24. The van der Waals surface area contributed by atoms with Crippen LogP contribution in [0.4, 0.5) is 0 Å². The van der Waals surface area contributed by atoms with Gasteiger partial charge in [0, 0.05) is 12.1 Å². The van der Waals surface area contributed by atoms with Crippen molar-refractivity contribution in [3.8, 4) is 0 Å². The minimum absolute atomic E-state index is 0.959. The highest BCUT2D eigenvalue weighted by molar-refractivity contribution is 9.10. The first-order valence-electron chi connectivity index (χ1n) is 5.45. The van der Waals surface area contributed by atoms with Gasteiger partial charge in [-0.05, 0) is 29.3 Å². The zero-order valence-electron chi connectivity index (χ0n) is 9.07. The van der Waals surface area contributed by atoms with Gasteiger partial charge in [0.1, 0.15) is 10.4 Å². The molecule has 0 saturated carbocycles. The Kier molecular flexibility index (Phi) is 5.23. The summed E-state index contributed by atoms with van der Waals surface area (Å²) in [6.07, 6.45) is 7.68. The molecule has 0 bridgehead atoms. The van der Waals surface area contributed by atoms with Crippen molar-refractivity contribution in [2.45, 2.75) is 52.4 Å². The summed E-state index contributed by atoms with van der Waals surface area (Å²) in [6, 6.07) is 0. The number of aryl methyl sites for hydroxylation is 2. The van der Waals surface area contributed by atoms with Gasteiger partial charge in [-0.3, -0.25) is 0 Å². The van der Waals surface area contributed by atoms with Crippen molar-refractivity contribution in [1.82, 2.24) is 9.97 Å². The molecule has 2 nitrogen and oxygen atoms in total. The molecule has 1 heterocycles. The second kappa shape index (κ2) is 6.23. The molecule has 0 spiro atoms. The summed E-state index contributed by atoms with van der Waals surface area (Å²) in [4.78, 5) is 7.67. The minimum atomic E-state index is 0.959. The fourth-order valence-corrected chi connectivity index (χ4v) is 1.83. The third kappa shape index (κ3) is 3.82. The normalized spacial score (nSPS) is 10.8. The van der Waals surface area contributed by atoms with Crippen LogP contribution in [0, 0.1) is 6.92 Å². The lowest BCUT2D eigenvalue weighted by molar-refractivity contribution is 0.624. The van der Waals surface area contributed by atoms with Gasteiger partial charge < -0.3 is 4.98 Å². The lowest BCUT2D eigenvalue weighted by Crippen LogP contribution is -1.88. The van der Waals surface area contributed by atoms with E-state index < -0.39 is 0 Å². The number of unbranched alkanes of at least 4 members (excludes halogenated alkanes) is 4. The van der Waals surface area contributed by atoms with Crippen LogP contribution >= 0.6 is 15.9 Å². The first-order chi connectivity index (χ1) is 6.74. The van der Waals surface area contributed by atoms with Crippen LogP contribution in [0.3, 0.4) is 0 Å². The van der Waals surface area contributed by atoms with Crippen molar-refractivity contribution in [2.75, 3.05) is 0 Å². The van der Waals surface area contributed by atoms with E-state index in [0.717, 1.165) is 22.5 Å². The molecule has 1 rings (SSSR count). The largest absolute Gasteiger partial charge is 0.345 e. The Balaban J connectivity index is 2.18. The van der Waals surface area contributed by atoms with Gasteiger partial charge in [0.25, 0.3) is 0 Å². The Morgan fingerprint density at radius 1 is 1.21 bits per heavy atom. The molecule has 14 heavy (non-hydrogen) atoms. The standard InChI is InChI=1S/C11H19BrN2/c1-3-4-5-6-7-8-10-13-9(2)11(12)14-10/h3-8H2,1-2H3,(H,13,14). The van der Waals surface area contributed by atoms with Crippen LogP contribution < -0.4 is 0 Å². The van der Waals surface area contributed by atoms with Gasteiger partial charge in [0.05, 0.1) is 0 Å². The van der Waals surface area contributed by atoms with Crippen molar-refractivity contribution in [2.24, 2.45) is 0 Å². The second-order valence-electron chi connectivity index (χ2n) is 3.76. The van der Waals surface area contributed by atoms with Crippen molar-refractivity contribution >= 4 is 15.9 Å². The number of aromatic amines is 1. The predicted molar refractivity (Wildman–Crippen MR) is 63.5 cm³/mol. The molecule has 0 saturated heterocycles. The number of hydrogen-bond donors (Lipinski definition) is 1. The van der Waals surface area contributed by atoms with Crippen LogP contribution in [-0.2, 0) is 6.42 Å². The quantitative estimate of drug-likeness (QED) is 0.769. The van der Waals surface area contributed by atoms with Gasteiger partial charge in [-0.15, -0.1) is 0 Å². The van der Waals surface area contributed by atoms with Gasteiger partial charge in [-0.2, -0.15) is 0 Å². The topological polar surface area (TPSA) is 28.7 Å². The maximum absolute atomic E-state index is 4.39. The summed E-state index contributed by atoms with van der Waals surface area (Å²) >= 11 is 3.41.